The van der Waals surface area contributed by atoms with Crippen LogP contribution in [0, 0.1) is 0 Å². The first-order chi connectivity index (χ1) is 12.1. The second-order valence-electron chi connectivity index (χ2n) is 6.52. The highest BCUT2D eigenvalue weighted by Gasteiger charge is 2.42. The first-order valence-corrected chi connectivity index (χ1v) is 10.1. The lowest BCUT2D eigenvalue weighted by Crippen LogP contribution is -2.56. The molecule has 0 unspecified atom stereocenters. The third-order valence-electron chi connectivity index (χ3n) is 4.59. The summed E-state index contributed by atoms with van der Waals surface area (Å²) in [4.78, 5) is 24.8. The fourth-order valence-corrected chi connectivity index (χ4v) is 4.45. The van der Waals surface area contributed by atoms with Crippen molar-refractivity contribution in [3.05, 3.63) is 28.8 Å². The molecule has 0 aliphatic heterocycles. The highest BCUT2D eigenvalue weighted by atomic mass is 35.5. The Balaban J connectivity index is 2.36. The van der Waals surface area contributed by atoms with E-state index >= 15 is 0 Å². The van der Waals surface area contributed by atoms with E-state index in [1.807, 2.05) is 0 Å². The van der Waals surface area contributed by atoms with Crippen LogP contribution in [-0.4, -0.2) is 51.3 Å². The lowest BCUT2D eigenvalue weighted by atomic mass is 9.81. The number of esters is 1. The predicted octanol–water partition coefficient (Wildman–Crippen LogP) is 2.20. The van der Waals surface area contributed by atoms with E-state index in [2.05, 4.69) is 5.32 Å². The largest absolute Gasteiger partial charge is 0.467 e. The van der Waals surface area contributed by atoms with Gasteiger partial charge in [0.25, 0.3) is 5.91 Å². The maximum Gasteiger partial charge on any atom is 0.331 e. The highest BCUT2D eigenvalue weighted by Crippen LogP contribution is 2.30. The maximum atomic E-state index is 12.7. The van der Waals surface area contributed by atoms with Crippen molar-refractivity contribution in [1.29, 1.82) is 0 Å². The van der Waals surface area contributed by atoms with Crippen LogP contribution in [0.5, 0.6) is 0 Å². The van der Waals surface area contributed by atoms with Gasteiger partial charge in [-0.05, 0) is 31.0 Å². The van der Waals surface area contributed by atoms with Crippen molar-refractivity contribution >= 4 is 33.5 Å². The molecule has 0 aromatic heterocycles. The molecule has 0 heterocycles. The van der Waals surface area contributed by atoms with Gasteiger partial charge in [0.2, 0.25) is 10.0 Å². The Labute approximate surface area is 158 Å². The number of nitrogens with zero attached hydrogens (tertiary/aromatic N) is 1. The van der Waals surface area contributed by atoms with Gasteiger partial charge < -0.3 is 10.1 Å². The number of methoxy groups -OCH3 is 1. The monoisotopic (exact) mass is 402 g/mol. The molecule has 1 aromatic rings. The molecule has 1 aliphatic rings. The number of amides is 1. The molecule has 0 saturated heterocycles. The molecule has 1 aliphatic carbocycles. The van der Waals surface area contributed by atoms with E-state index in [9.17, 15) is 18.0 Å². The van der Waals surface area contributed by atoms with Crippen LogP contribution in [0.4, 0.5) is 0 Å². The average Bonchev–Trinajstić information content (AvgIpc) is 2.61. The zero-order chi connectivity index (χ0) is 19.5. The van der Waals surface area contributed by atoms with Crippen molar-refractivity contribution in [2.24, 2.45) is 0 Å². The SMILES string of the molecule is COC(=O)C1(NC(=O)c2ccc(Cl)c(S(=O)(=O)N(C)C)c2)CCCCC1. The quantitative estimate of drug-likeness (QED) is 0.762. The summed E-state index contributed by atoms with van der Waals surface area (Å²) < 4.78 is 30.6. The Morgan fingerprint density at radius 1 is 1.19 bits per heavy atom. The lowest BCUT2D eigenvalue weighted by molar-refractivity contribution is -0.149. The number of carbonyl (C=O) groups is 2. The van der Waals surface area contributed by atoms with E-state index in [4.69, 9.17) is 16.3 Å². The summed E-state index contributed by atoms with van der Waals surface area (Å²) in [6.45, 7) is 0. The Hall–Kier alpha value is -1.64. The molecule has 2 rings (SSSR count). The Kier molecular flexibility index (Phi) is 6.31. The van der Waals surface area contributed by atoms with E-state index < -0.39 is 27.4 Å². The van der Waals surface area contributed by atoms with Gasteiger partial charge in [-0.1, -0.05) is 30.9 Å². The highest BCUT2D eigenvalue weighted by molar-refractivity contribution is 7.89. The fraction of sp³-hybridized carbons (Fsp3) is 0.529. The summed E-state index contributed by atoms with van der Waals surface area (Å²) >= 11 is 6.01. The molecule has 26 heavy (non-hydrogen) atoms. The first kappa shape index (κ1) is 20.7. The van der Waals surface area contributed by atoms with Crippen LogP contribution < -0.4 is 5.32 Å². The summed E-state index contributed by atoms with van der Waals surface area (Å²) in [5.41, 5.74) is -0.965. The second-order valence-corrected chi connectivity index (χ2v) is 9.05. The molecule has 0 atom stereocenters. The van der Waals surface area contributed by atoms with Crippen molar-refractivity contribution in [2.45, 2.75) is 42.5 Å². The molecular weight excluding hydrogens is 380 g/mol. The van der Waals surface area contributed by atoms with Gasteiger partial charge in [-0.25, -0.2) is 17.5 Å². The third-order valence-corrected chi connectivity index (χ3v) is 6.88. The van der Waals surface area contributed by atoms with Gasteiger partial charge in [0, 0.05) is 19.7 Å². The van der Waals surface area contributed by atoms with Gasteiger partial charge in [-0.2, -0.15) is 0 Å². The van der Waals surface area contributed by atoms with Crippen LogP contribution in [-0.2, 0) is 19.6 Å². The van der Waals surface area contributed by atoms with Crippen molar-refractivity contribution in [3.63, 3.8) is 0 Å². The van der Waals surface area contributed by atoms with Crippen LogP contribution in [0.25, 0.3) is 0 Å². The molecule has 1 amide bonds. The summed E-state index contributed by atoms with van der Waals surface area (Å²) in [5, 5.41) is 2.79. The molecule has 0 spiro atoms. The smallest absolute Gasteiger partial charge is 0.331 e. The van der Waals surface area contributed by atoms with Crippen molar-refractivity contribution < 1.29 is 22.7 Å². The maximum absolute atomic E-state index is 12.7. The third kappa shape index (κ3) is 4.02. The van der Waals surface area contributed by atoms with Crippen LogP contribution in [0.15, 0.2) is 23.1 Å². The summed E-state index contributed by atoms with van der Waals surface area (Å²) in [6.07, 6.45) is 3.57. The number of nitrogens with one attached hydrogen (secondary N) is 1. The van der Waals surface area contributed by atoms with Gasteiger partial charge in [-0.3, -0.25) is 4.79 Å². The average molecular weight is 403 g/mol. The van der Waals surface area contributed by atoms with Crippen LogP contribution in [0.2, 0.25) is 5.02 Å². The molecule has 144 valence electrons. The molecule has 7 nitrogen and oxygen atoms in total. The zero-order valence-corrected chi connectivity index (χ0v) is 16.6. The topological polar surface area (TPSA) is 92.8 Å². The Morgan fingerprint density at radius 3 is 2.35 bits per heavy atom. The first-order valence-electron chi connectivity index (χ1n) is 8.27. The van der Waals surface area contributed by atoms with E-state index in [0.717, 1.165) is 23.6 Å². The fourth-order valence-electron chi connectivity index (χ4n) is 3.06. The standard InChI is InChI=1S/C17H23ClN2O5S/c1-20(2)26(23,24)14-11-12(7-8-13(14)18)15(21)19-17(16(22)25-3)9-5-4-6-10-17/h7-8,11H,4-6,9-10H2,1-3H3,(H,19,21). The molecule has 1 fully saturated rings. The summed E-state index contributed by atoms with van der Waals surface area (Å²) in [7, 11) is 0.247. The lowest BCUT2D eigenvalue weighted by Gasteiger charge is -2.35. The van der Waals surface area contributed by atoms with Gasteiger partial charge in [-0.15, -0.1) is 0 Å². The number of rotatable bonds is 5. The molecule has 1 saturated carbocycles. The normalized spacial score (nSPS) is 17.0. The van der Waals surface area contributed by atoms with Crippen molar-refractivity contribution in [3.8, 4) is 0 Å². The number of carbonyl (C=O) groups excluding carboxylic acids is 2. The van der Waals surface area contributed by atoms with E-state index in [-0.39, 0.29) is 15.5 Å². The zero-order valence-electron chi connectivity index (χ0n) is 15.0. The Morgan fingerprint density at radius 2 is 1.81 bits per heavy atom. The van der Waals surface area contributed by atoms with E-state index in [0.29, 0.717) is 12.8 Å². The van der Waals surface area contributed by atoms with Gasteiger partial charge in [0.05, 0.1) is 12.1 Å². The van der Waals surface area contributed by atoms with Gasteiger partial charge >= 0.3 is 5.97 Å². The predicted molar refractivity (Wildman–Crippen MR) is 97.6 cm³/mol. The number of hydrogen-bond acceptors (Lipinski definition) is 5. The van der Waals surface area contributed by atoms with E-state index in [1.165, 1.54) is 39.4 Å². The van der Waals surface area contributed by atoms with Crippen LogP contribution >= 0.6 is 11.6 Å². The van der Waals surface area contributed by atoms with Crippen LogP contribution in [0.3, 0.4) is 0 Å². The molecule has 1 N–H and O–H groups in total. The van der Waals surface area contributed by atoms with E-state index in [1.54, 1.807) is 0 Å². The van der Waals surface area contributed by atoms with Crippen LogP contribution in [0.1, 0.15) is 42.5 Å². The molecule has 1 aromatic carbocycles. The minimum absolute atomic E-state index is 0.0237. The molecular formula is C17H23ClN2O5S. The molecule has 0 radical (unpaired) electrons. The summed E-state index contributed by atoms with van der Waals surface area (Å²) in [5.74, 6) is -1.02. The number of ether oxygens (including phenoxy) is 1. The van der Waals surface area contributed by atoms with Gasteiger partial charge in [0.1, 0.15) is 10.4 Å². The number of hydrogen-bond donors (Lipinski definition) is 1. The number of benzene rings is 1. The van der Waals surface area contributed by atoms with Crippen molar-refractivity contribution in [2.75, 3.05) is 21.2 Å². The Bertz CT molecular complexity index is 801. The van der Waals surface area contributed by atoms with Gasteiger partial charge in [0.15, 0.2) is 0 Å². The molecule has 9 heteroatoms. The minimum Gasteiger partial charge on any atom is -0.467 e. The van der Waals surface area contributed by atoms with Crippen molar-refractivity contribution in [1.82, 2.24) is 9.62 Å². The minimum atomic E-state index is -3.80. The summed E-state index contributed by atoms with van der Waals surface area (Å²) in [6, 6.07) is 4.01. The number of sulfonamides is 1. The number of halogens is 1. The molecule has 0 bridgehead atoms. The second kappa shape index (κ2) is 7.94.